The Morgan fingerprint density at radius 2 is 1.35 bits per heavy atom. The quantitative estimate of drug-likeness (QED) is 0.0769. The maximum absolute atomic E-state index is 12.7. The number of carbonyl (C=O) groups is 1. The number of ether oxygens (including phenoxy) is 2. The summed E-state index contributed by atoms with van der Waals surface area (Å²) >= 11 is 3.53. The van der Waals surface area contributed by atoms with Gasteiger partial charge in [-0.2, -0.15) is 0 Å². The van der Waals surface area contributed by atoms with Crippen LogP contribution in [-0.2, 0) is 6.42 Å². The van der Waals surface area contributed by atoms with Crippen LogP contribution in [0.15, 0.2) is 59.3 Å². The Hall–Kier alpha value is -2.73. The van der Waals surface area contributed by atoms with Gasteiger partial charge in [0, 0.05) is 18.0 Å². The SMILES string of the molecule is CCCCCCCCCOc1ccc(C(=O)Oc2ccc(-c3ncc(CCCCCCCC)cn3)cc2)cc1Br. The summed E-state index contributed by atoms with van der Waals surface area (Å²) in [6.45, 7) is 5.15. The van der Waals surface area contributed by atoms with E-state index in [4.69, 9.17) is 9.47 Å². The highest BCUT2D eigenvalue weighted by Crippen LogP contribution is 2.27. The molecule has 0 fully saturated rings. The molecule has 2 aromatic carbocycles. The lowest BCUT2D eigenvalue weighted by atomic mass is 10.1. The molecule has 0 unspecified atom stereocenters. The van der Waals surface area contributed by atoms with Crippen molar-refractivity contribution in [2.75, 3.05) is 6.61 Å². The van der Waals surface area contributed by atoms with Crippen molar-refractivity contribution in [2.24, 2.45) is 0 Å². The molecular weight excluding hydrogens is 564 g/mol. The van der Waals surface area contributed by atoms with Gasteiger partial charge < -0.3 is 9.47 Å². The molecule has 0 aliphatic heterocycles. The molecule has 0 N–H and O–H groups in total. The maximum atomic E-state index is 12.7. The van der Waals surface area contributed by atoms with Crippen molar-refractivity contribution in [1.29, 1.82) is 0 Å². The largest absolute Gasteiger partial charge is 0.492 e. The van der Waals surface area contributed by atoms with E-state index < -0.39 is 5.97 Å². The summed E-state index contributed by atoms with van der Waals surface area (Å²) in [5, 5.41) is 0. The predicted octanol–water partition coefficient (Wildman–Crippen LogP) is 10.2. The average molecular weight is 610 g/mol. The van der Waals surface area contributed by atoms with Gasteiger partial charge in [0.25, 0.3) is 0 Å². The van der Waals surface area contributed by atoms with E-state index in [1.54, 1.807) is 24.3 Å². The number of carbonyl (C=O) groups excluding carboxylic acids is 1. The number of hydrogen-bond acceptors (Lipinski definition) is 5. The molecule has 216 valence electrons. The van der Waals surface area contributed by atoms with Gasteiger partial charge in [0.15, 0.2) is 5.82 Å². The highest BCUT2D eigenvalue weighted by molar-refractivity contribution is 9.10. The minimum Gasteiger partial charge on any atom is -0.492 e. The summed E-state index contributed by atoms with van der Waals surface area (Å²) < 4.78 is 12.3. The van der Waals surface area contributed by atoms with Gasteiger partial charge in [-0.3, -0.25) is 0 Å². The van der Waals surface area contributed by atoms with Crippen LogP contribution < -0.4 is 9.47 Å². The second kappa shape index (κ2) is 18.6. The van der Waals surface area contributed by atoms with E-state index in [1.807, 2.05) is 30.6 Å². The van der Waals surface area contributed by atoms with Gasteiger partial charge in [0.05, 0.1) is 16.6 Å². The van der Waals surface area contributed by atoms with Crippen LogP contribution in [0, 0.1) is 0 Å². The molecule has 0 amide bonds. The molecule has 3 aromatic rings. The summed E-state index contributed by atoms with van der Waals surface area (Å²) in [4.78, 5) is 21.8. The summed E-state index contributed by atoms with van der Waals surface area (Å²) in [5.74, 6) is 1.47. The molecule has 0 bridgehead atoms. The number of aromatic nitrogens is 2. The number of aryl methyl sites for hydroxylation is 1. The van der Waals surface area contributed by atoms with Crippen LogP contribution in [0.5, 0.6) is 11.5 Å². The van der Waals surface area contributed by atoms with Gasteiger partial charge in [-0.25, -0.2) is 14.8 Å². The lowest BCUT2D eigenvalue weighted by Crippen LogP contribution is -2.09. The van der Waals surface area contributed by atoms with Crippen LogP contribution in [0.3, 0.4) is 0 Å². The topological polar surface area (TPSA) is 61.3 Å². The first kappa shape index (κ1) is 31.8. The fraction of sp³-hybridized carbons (Fsp3) is 0.500. The highest BCUT2D eigenvalue weighted by Gasteiger charge is 2.12. The van der Waals surface area contributed by atoms with Crippen LogP contribution in [-0.4, -0.2) is 22.5 Å². The Bertz CT molecular complexity index is 1130. The Morgan fingerprint density at radius 3 is 1.98 bits per heavy atom. The van der Waals surface area contributed by atoms with E-state index >= 15 is 0 Å². The van der Waals surface area contributed by atoms with Crippen molar-refractivity contribution in [2.45, 2.75) is 104 Å². The van der Waals surface area contributed by atoms with Crippen molar-refractivity contribution < 1.29 is 14.3 Å². The van der Waals surface area contributed by atoms with Gasteiger partial charge in [0.1, 0.15) is 11.5 Å². The second-order valence-corrected chi connectivity index (χ2v) is 11.3. The monoisotopic (exact) mass is 608 g/mol. The van der Waals surface area contributed by atoms with Crippen molar-refractivity contribution in [3.8, 4) is 22.9 Å². The van der Waals surface area contributed by atoms with E-state index in [0.29, 0.717) is 23.7 Å². The fourth-order valence-electron chi connectivity index (χ4n) is 4.57. The number of esters is 1. The fourth-order valence-corrected chi connectivity index (χ4v) is 5.06. The van der Waals surface area contributed by atoms with Crippen LogP contribution >= 0.6 is 15.9 Å². The normalized spacial score (nSPS) is 11.0. The number of unbranched alkanes of at least 4 members (excludes halogenated alkanes) is 11. The van der Waals surface area contributed by atoms with Gasteiger partial charge in [-0.05, 0) is 83.2 Å². The third-order valence-electron chi connectivity index (χ3n) is 7.02. The highest BCUT2D eigenvalue weighted by atomic mass is 79.9. The van der Waals surface area contributed by atoms with Crippen molar-refractivity contribution in [3.63, 3.8) is 0 Å². The van der Waals surface area contributed by atoms with Crippen LogP contribution in [0.1, 0.15) is 113 Å². The first-order chi connectivity index (χ1) is 19.6. The van der Waals surface area contributed by atoms with Gasteiger partial charge in [0.2, 0.25) is 0 Å². The van der Waals surface area contributed by atoms with Crippen LogP contribution in [0.2, 0.25) is 0 Å². The molecule has 0 radical (unpaired) electrons. The molecular formula is C34H45BrN2O3. The van der Waals surface area contributed by atoms with E-state index in [0.717, 1.165) is 28.6 Å². The van der Waals surface area contributed by atoms with Crippen molar-refractivity contribution in [1.82, 2.24) is 9.97 Å². The van der Waals surface area contributed by atoms with Crippen molar-refractivity contribution in [3.05, 3.63) is 70.5 Å². The third-order valence-corrected chi connectivity index (χ3v) is 7.64. The molecule has 0 aliphatic rings. The van der Waals surface area contributed by atoms with Crippen LogP contribution in [0.4, 0.5) is 0 Å². The Morgan fingerprint density at radius 1 is 0.750 bits per heavy atom. The average Bonchev–Trinajstić information content (AvgIpc) is 2.97. The maximum Gasteiger partial charge on any atom is 0.343 e. The zero-order chi connectivity index (χ0) is 28.4. The summed E-state index contributed by atoms with van der Waals surface area (Å²) in [7, 11) is 0. The van der Waals surface area contributed by atoms with E-state index in [2.05, 4.69) is 39.7 Å². The minimum absolute atomic E-state index is 0.414. The standard InChI is InChI=1S/C34H45BrN2O3/c1-3-5-7-9-11-13-15-23-39-32-22-19-29(24-31(32)35)34(38)40-30-20-17-28(18-21-30)33-36-25-27(26-37-33)16-14-12-10-8-6-4-2/h17-22,24-26H,3-16,23H2,1-2H3. The Kier molecular flexibility index (Phi) is 14.8. The summed E-state index contributed by atoms with van der Waals surface area (Å²) in [6.07, 6.45) is 21.2. The molecule has 0 aliphatic carbocycles. The molecule has 3 rings (SSSR count). The zero-order valence-electron chi connectivity index (χ0n) is 24.3. The Labute approximate surface area is 249 Å². The number of nitrogens with zero attached hydrogens (tertiary/aromatic N) is 2. The third kappa shape index (κ3) is 11.4. The predicted molar refractivity (Wildman–Crippen MR) is 167 cm³/mol. The van der Waals surface area contributed by atoms with E-state index in [1.165, 1.54) is 82.6 Å². The number of hydrogen-bond donors (Lipinski definition) is 0. The molecule has 0 saturated heterocycles. The molecule has 6 heteroatoms. The number of rotatable bonds is 19. The zero-order valence-corrected chi connectivity index (χ0v) is 25.9. The van der Waals surface area contributed by atoms with E-state index in [9.17, 15) is 4.79 Å². The first-order valence-electron chi connectivity index (χ1n) is 15.2. The smallest absolute Gasteiger partial charge is 0.343 e. The lowest BCUT2D eigenvalue weighted by Gasteiger charge is -2.10. The first-order valence-corrected chi connectivity index (χ1v) is 16.0. The molecule has 1 aromatic heterocycles. The minimum atomic E-state index is -0.414. The second-order valence-electron chi connectivity index (χ2n) is 10.5. The number of benzene rings is 2. The van der Waals surface area contributed by atoms with Crippen molar-refractivity contribution >= 4 is 21.9 Å². The van der Waals surface area contributed by atoms with Crippen LogP contribution in [0.25, 0.3) is 11.4 Å². The molecule has 40 heavy (non-hydrogen) atoms. The van der Waals surface area contributed by atoms with E-state index in [-0.39, 0.29) is 0 Å². The lowest BCUT2D eigenvalue weighted by molar-refractivity contribution is 0.0734. The summed E-state index contributed by atoms with van der Waals surface area (Å²) in [6, 6.07) is 12.6. The Balaban J connectivity index is 1.43. The van der Waals surface area contributed by atoms with Gasteiger partial charge in [-0.15, -0.1) is 0 Å². The molecule has 1 heterocycles. The molecule has 0 saturated carbocycles. The van der Waals surface area contributed by atoms with Gasteiger partial charge >= 0.3 is 5.97 Å². The van der Waals surface area contributed by atoms with Gasteiger partial charge in [-0.1, -0.05) is 84.5 Å². The number of halogens is 1. The summed E-state index contributed by atoms with van der Waals surface area (Å²) in [5.41, 5.74) is 2.52. The molecule has 5 nitrogen and oxygen atoms in total. The molecule has 0 spiro atoms. The molecule has 0 atom stereocenters.